The molecule has 7 heteroatoms. The zero-order chi connectivity index (χ0) is 19.0. The molecule has 3 aromatic heterocycles. The summed E-state index contributed by atoms with van der Waals surface area (Å²) in [6.45, 7) is 3.60. The second-order valence-electron chi connectivity index (χ2n) is 6.53. The molecule has 0 bridgehead atoms. The van der Waals surface area contributed by atoms with Gasteiger partial charge in [0.15, 0.2) is 0 Å². The Morgan fingerprint density at radius 3 is 2.93 bits per heavy atom. The number of aryl methyl sites for hydroxylation is 3. The van der Waals surface area contributed by atoms with Gasteiger partial charge in [-0.1, -0.05) is 6.08 Å². The van der Waals surface area contributed by atoms with Gasteiger partial charge in [0.25, 0.3) is 0 Å². The normalized spacial score (nSPS) is 14.6. The zero-order valence-electron chi connectivity index (χ0n) is 15.5. The molecule has 0 fully saturated rings. The van der Waals surface area contributed by atoms with Crippen LogP contribution < -0.4 is 5.32 Å². The zero-order valence-corrected chi connectivity index (χ0v) is 16.3. The molecule has 0 atom stereocenters. The Balaban J connectivity index is 1.83. The maximum Gasteiger partial charge on any atom is 0.142 e. The summed E-state index contributed by atoms with van der Waals surface area (Å²) in [6.07, 6.45) is 12.9. The van der Waals surface area contributed by atoms with E-state index in [1.54, 1.807) is 30.7 Å². The molecule has 4 rings (SSSR count). The molecular weight excluding hydrogens is 358 g/mol. The maximum atomic E-state index is 9.46. The third-order valence-corrected chi connectivity index (χ3v) is 5.64. The van der Waals surface area contributed by atoms with Gasteiger partial charge in [-0.25, -0.2) is 9.97 Å². The number of nitrogens with zero attached hydrogens (tertiary/aromatic N) is 4. The Bertz CT molecular complexity index is 1100. The maximum absolute atomic E-state index is 9.46. The Morgan fingerprint density at radius 1 is 1.30 bits per heavy atom. The number of hydrogen-bond acceptors (Lipinski definition) is 6. The number of fused-ring (bicyclic) bond motifs is 5. The highest BCUT2D eigenvalue weighted by atomic mass is 32.1. The number of hydrogen-bond donors (Lipinski definition) is 2. The van der Waals surface area contributed by atoms with E-state index in [2.05, 4.69) is 26.6 Å². The molecule has 0 saturated carbocycles. The highest BCUT2D eigenvalue weighted by Crippen LogP contribution is 2.44. The number of thiophene rings is 1. The number of allylic oxidation sites excluding steroid dienone is 5. The van der Waals surface area contributed by atoms with Crippen molar-refractivity contribution in [3.63, 3.8) is 0 Å². The smallest absolute Gasteiger partial charge is 0.142 e. The van der Waals surface area contributed by atoms with Gasteiger partial charge in [0.2, 0.25) is 0 Å². The van der Waals surface area contributed by atoms with E-state index >= 15 is 0 Å². The van der Waals surface area contributed by atoms with Crippen molar-refractivity contribution >= 4 is 27.4 Å². The van der Waals surface area contributed by atoms with E-state index in [9.17, 15) is 5.11 Å². The topological polar surface area (TPSA) is 75.9 Å². The lowest BCUT2D eigenvalue weighted by atomic mass is 9.95. The predicted octanol–water partition coefficient (Wildman–Crippen LogP) is 4.52. The minimum Gasteiger partial charge on any atom is -0.513 e. The van der Waals surface area contributed by atoms with Crippen molar-refractivity contribution in [1.82, 2.24) is 19.7 Å². The van der Waals surface area contributed by atoms with Crippen molar-refractivity contribution < 1.29 is 5.11 Å². The van der Waals surface area contributed by atoms with Crippen LogP contribution in [0, 0.1) is 0 Å². The van der Waals surface area contributed by atoms with Crippen molar-refractivity contribution in [3.8, 4) is 10.4 Å². The van der Waals surface area contributed by atoms with Crippen LogP contribution in [0.15, 0.2) is 48.3 Å². The molecule has 0 aromatic carbocycles. The SMILES string of the molecule is C\C=C/C(=C\C=C(/C)O)Nc1ncnc2sc3c(c12)CCc1nn(C)cc1-3. The first-order valence-corrected chi connectivity index (χ1v) is 9.65. The van der Waals surface area contributed by atoms with E-state index in [1.165, 1.54) is 16.0 Å². The van der Waals surface area contributed by atoms with Gasteiger partial charge in [-0.05, 0) is 50.5 Å². The Labute approximate surface area is 161 Å². The molecular formula is C20H21N5OS. The summed E-state index contributed by atoms with van der Waals surface area (Å²) in [5.41, 5.74) is 4.49. The van der Waals surface area contributed by atoms with Crippen molar-refractivity contribution in [2.45, 2.75) is 26.7 Å². The van der Waals surface area contributed by atoms with Crippen LogP contribution >= 0.6 is 11.3 Å². The second-order valence-corrected chi connectivity index (χ2v) is 7.53. The third kappa shape index (κ3) is 3.26. The van der Waals surface area contributed by atoms with Crippen molar-refractivity contribution in [3.05, 3.63) is 59.5 Å². The number of rotatable bonds is 4. The van der Waals surface area contributed by atoms with Crippen molar-refractivity contribution in [2.24, 2.45) is 7.05 Å². The first kappa shape index (κ1) is 17.5. The van der Waals surface area contributed by atoms with E-state index in [4.69, 9.17) is 0 Å². The highest BCUT2D eigenvalue weighted by molar-refractivity contribution is 7.22. The monoisotopic (exact) mass is 379 g/mol. The van der Waals surface area contributed by atoms with Gasteiger partial charge in [0.05, 0.1) is 16.8 Å². The molecule has 0 saturated heterocycles. The number of aromatic nitrogens is 4. The van der Waals surface area contributed by atoms with Crippen LogP contribution in [0.2, 0.25) is 0 Å². The minimum atomic E-state index is 0.253. The number of aliphatic hydroxyl groups is 1. The summed E-state index contributed by atoms with van der Waals surface area (Å²) in [7, 11) is 1.96. The van der Waals surface area contributed by atoms with Gasteiger partial charge in [-0.15, -0.1) is 11.3 Å². The van der Waals surface area contributed by atoms with E-state index < -0.39 is 0 Å². The van der Waals surface area contributed by atoms with Crippen LogP contribution in [0.25, 0.3) is 20.7 Å². The standard InChI is InChI=1S/C20H21N5OS/c1-4-5-13(7-6-12(2)26)23-19-17-14-8-9-16-15(10-25(3)24-16)18(14)27-20(17)22-11-21-19/h4-7,10-11,26H,8-9H2,1-3H3,(H,21,22,23)/b5-4-,12-6+,13-7+. The molecule has 1 aliphatic rings. The summed E-state index contributed by atoms with van der Waals surface area (Å²) in [6, 6.07) is 0. The fourth-order valence-corrected chi connectivity index (χ4v) is 4.58. The molecule has 0 radical (unpaired) electrons. The first-order valence-electron chi connectivity index (χ1n) is 8.83. The Kier molecular flexibility index (Phi) is 4.53. The molecule has 1 aliphatic carbocycles. The third-order valence-electron chi connectivity index (χ3n) is 4.46. The summed E-state index contributed by atoms with van der Waals surface area (Å²) in [5.74, 6) is 1.04. The van der Waals surface area contributed by atoms with Gasteiger partial charge in [-0.2, -0.15) is 5.10 Å². The lowest BCUT2D eigenvalue weighted by Crippen LogP contribution is -2.04. The van der Waals surface area contributed by atoms with Crippen molar-refractivity contribution in [2.75, 3.05) is 5.32 Å². The lowest BCUT2D eigenvalue weighted by molar-refractivity contribution is 0.414. The van der Waals surface area contributed by atoms with Crippen LogP contribution in [0.3, 0.4) is 0 Å². The Morgan fingerprint density at radius 2 is 2.15 bits per heavy atom. The number of anilines is 1. The van der Waals surface area contributed by atoms with Crippen molar-refractivity contribution in [1.29, 1.82) is 0 Å². The van der Waals surface area contributed by atoms with Gasteiger partial charge in [0, 0.05) is 29.4 Å². The average Bonchev–Trinajstić information content (AvgIpc) is 3.19. The molecule has 6 nitrogen and oxygen atoms in total. The number of aliphatic hydroxyl groups excluding tert-OH is 1. The van der Waals surface area contributed by atoms with Gasteiger partial charge < -0.3 is 10.4 Å². The largest absolute Gasteiger partial charge is 0.513 e. The van der Waals surface area contributed by atoms with Crippen LogP contribution in [0.1, 0.15) is 25.1 Å². The fourth-order valence-electron chi connectivity index (χ4n) is 3.36. The minimum absolute atomic E-state index is 0.253. The fraction of sp³-hybridized carbons (Fsp3) is 0.250. The van der Waals surface area contributed by atoms with E-state index in [1.807, 2.05) is 36.9 Å². The van der Waals surface area contributed by atoms with E-state index in [0.717, 1.165) is 40.3 Å². The summed E-state index contributed by atoms with van der Waals surface area (Å²) >= 11 is 1.69. The molecule has 3 aromatic rings. The lowest BCUT2D eigenvalue weighted by Gasteiger charge is -2.12. The molecule has 0 amide bonds. The second kappa shape index (κ2) is 7.00. The van der Waals surface area contributed by atoms with Crippen LogP contribution in [-0.2, 0) is 19.9 Å². The summed E-state index contributed by atoms with van der Waals surface area (Å²) < 4.78 is 1.88. The molecule has 27 heavy (non-hydrogen) atoms. The average molecular weight is 379 g/mol. The van der Waals surface area contributed by atoms with Crippen LogP contribution in [-0.4, -0.2) is 24.9 Å². The first-order chi connectivity index (χ1) is 13.1. The molecule has 0 spiro atoms. The van der Waals surface area contributed by atoms with Gasteiger partial charge >= 0.3 is 0 Å². The van der Waals surface area contributed by atoms with E-state index in [0.29, 0.717) is 0 Å². The predicted molar refractivity (Wildman–Crippen MR) is 110 cm³/mol. The van der Waals surface area contributed by atoms with Gasteiger partial charge in [0.1, 0.15) is 17.0 Å². The van der Waals surface area contributed by atoms with Crippen LogP contribution in [0.5, 0.6) is 0 Å². The quantitative estimate of drug-likeness (QED) is 0.515. The highest BCUT2D eigenvalue weighted by Gasteiger charge is 2.25. The molecule has 138 valence electrons. The van der Waals surface area contributed by atoms with Crippen LogP contribution in [0.4, 0.5) is 5.82 Å². The molecule has 0 aliphatic heterocycles. The molecule has 3 heterocycles. The van der Waals surface area contributed by atoms with Gasteiger partial charge in [-0.3, -0.25) is 4.68 Å². The van der Waals surface area contributed by atoms with E-state index in [-0.39, 0.29) is 5.76 Å². The summed E-state index contributed by atoms with van der Waals surface area (Å²) in [4.78, 5) is 11.2. The Hall–Kier alpha value is -2.93. The molecule has 2 N–H and O–H groups in total. The number of nitrogens with one attached hydrogen (secondary N) is 1. The molecule has 0 unspecified atom stereocenters. The summed E-state index contributed by atoms with van der Waals surface area (Å²) in [5, 5.41) is 18.5.